The lowest BCUT2D eigenvalue weighted by Gasteiger charge is -2.24. The third kappa shape index (κ3) is 3.45. The molecular formula is C19H19FN2O2. The Hall–Kier alpha value is -2.69. The second-order valence-electron chi connectivity index (χ2n) is 6.01. The van der Waals surface area contributed by atoms with Gasteiger partial charge in [0.2, 0.25) is 11.8 Å². The van der Waals surface area contributed by atoms with Crippen LogP contribution in [0.4, 0.5) is 15.8 Å². The Morgan fingerprint density at radius 1 is 1.12 bits per heavy atom. The zero-order chi connectivity index (χ0) is 17.1. The summed E-state index contributed by atoms with van der Waals surface area (Å²) in [5, 5.41) is 5.25. The van der Waals surface area contributed by atoms with Gasteiger partial charge in [-0.2, -0.15) is 0 Å². The maximum atomic E-state index is 14.0. The third-order valence-corrected chi connectivity index (χ3v) is 4.23. The second-order valence-corrected chi connectivity index (χ2v) is 6.01. The fourth-order valence-electron chi connectivity index (χ4n) is 3.15. The quantitative estimate of drug-likeness (QED) is 0.900. The van der Waals surface area contributed by atoms with Crippen LogP contribution in [0.2, 0.25) is 0 Å². The Morgan fingerprint density at radius 3 is 2.71 bits per heavy atom. The standard InChI is InChI=1S/C19H19FN2O2/c1-12(23)21-14-9-10-17(20)18(11-14)22-19(24)16-8-4-6-13-5-2-3-7-15(13)16/h2-3,5,7,9-11,16H,4,6,8H2,1H3,(H,21,23)(H,22,24)/t16-/m0/s1. The molecule has 0 aliphatic heterocycles. The number of rotatable bonds is 3. The van der Waals surface area contributed by atoms with Gasteiger partial charge in [-0.05, 0) is 48.6 Å². The van der Waals surface area contributed by atoms with Gasteiger partial charge in [0.25, 0.3) is 0 Å². The fraction of sp³-hybridized carbons (Fsp3) is 0.263. The number of aryl methyl sites for hydroxylation is 1. The second kappa shape index (κ2) is 6.83. The van der Waals surface area contributed by atoms with Crippen LogP contribution in [-0.4, -0.2) is 11.8 Å². The van der Waals surface area contributed by atoms with Crippen molar-refractivity contribution in [2.75, 3.05) is 10.6 Å². The minimum atomic E-state index is -0.526. The van der Waals surface area contributed by atoms with E-state index in [0.29, 0.717) is 5.69 Å². The van der Waals surface area contributed by atoms with Gasteiger partial charge in [-0.3, -0.25) is 9.59 Å². The summed E-state index contributed by atoms with van der Waals surface area (Å²) in [6.45, 7) is 1.38. The summed E-state index contributed by atoms with van der Waals surface area (Å²) in [7, 11) is 0. The number of hydrogen-bond donors (Lipinski definition) is 2. The first-order valence-electron chi connectivity index (χ1n) is 8.00. The van der Waals surface area contributed by atoms with E-state index in [4.69, 9.17) is 0 Å². The first-order chi connectivity index (χ1) is 11.5. The van der Waals surface area contributed by atoms with Crippen LogP contribution < -0.4 is 10.6 Å². The maximum Gasteiger partial charge on any atom is 0.232 e. The number of anilines is 2. The SMILES string of the molecule is CC(=O)Nc1ccc(F)c(NC(=O)[C@H]2CCCc3ccccc32)c1. The summed E-state index contributed by atoms with van der Waals surface area (Å²) < 4.78 is 14.0. The van der Waals surface area contributed by atoms with Crippen molar-refractivity contribution in [1.82, 2.24) is 0 Å². The Labute approximate surface area is 140 Å². The molecule has 0 saturated carbocycles. The van der Waals surface area contributed by atoms with E-state index in [1.807, 2.05) is 24.3 Å². The van der Waals surface area contributed by atoms with Crippen molar-refractivity contribution in [3.8, 4) is 0 Å². The largest absolute Gasteiger partial charge is 0.326 e. The molecule has 2 aromatic carbocycles. The number of carbonyl (C=O) groups is 2. The summed E-state index contributed by atoms with van der Waals surface area (Å²) in [5.41, 5.74) is 2.72. The van der Waals surface area contributed by atoms with Crippen LogP contribution in [0, 0.1) is 5.82 Å². The number of carbonyl (C=O) groups excluding carboxylic acids is 2. The van der Waals surface area contributed by atoms with Crippen molar-refractivity contribution in [2.45, 2.75) is 32.1 Å². The molecule has 4 nitrogen and oxygen atoms in total. The van der Waals surface area contributed by atoms with Crippen molar-refractivity contribution in [1.29, 1.82) is 0 Å². The Bertz CT molecular complexity index is 789. The van der Waals surface area contributed by atoms with Gasteiger partial charge in [-0.15, -0.1) is 0 Å². The number of benzene rings is 2. The van der Waals surface area contributed by atoms with Crippen LogP contribution in [0.5, 0.6) is 0 Å². The molecule has 0 heterocycles. The third-order valence-electron chi connectivity index (χ3n) is 4.23. The van der Waals surface area contributed by atoms with Crippen molar-refractivity contribution in [3.63, 3.8) is 0 Å². The lowest BCUT2D eigenvalue weighted by Crippen LogP contribution is -2.25. The predicted molar refractivity (Wildman–Crippen MR) is 91.5 cm³/mol. The van der Waals surface area contributed by atoms with Crippen molar-refractivity contribution in [2.24, 2.45) is 0 Å². The molecule has 2 aromatic rings. The summed E-state index contributed by atoms with van der Waals surface area (Å²) in [6.07, 6.45) is 2.64. The summed E-state index contributed by atoms with van der Waals surface area (Å²) in [5.74, 6) is -1.28. The van der Waals surface area contributed by atoms with Crippen molar-refractivity contribution >= 4 is 23.2 Å². The van der Waals surface area contributed by atoms with Gasteiger partial charge in [0.15, 0.2) is 0 Å². The average molecular weight is 326 g/mol. The first-order valence-corrected chi connectivity index (χ1v) is 8.00. The van der Waals surface area contributed by atoms with Crippen LogP contribution in [0.15, 0.2) is 42.5 Å². The van der Waals surface area contributed by atoms with E-state index in [-0.39, 0.29) is 23.4 Å². The molecule has 2 amide bonds. The van der Waals surface area contributed by atoms with E-state index in [1.54, 1.807) is 0 Å². The normalized spacial score (nSPS) is 16.2. The molecule has 0 radical (unpaired) electrons. The van der Waals surface area contributed by atoms with Crippen molar-refractivity contribution < 1.29 is 14.0 Å². The van der Waals surface area contributed by atoms with E-state index in [1.165, 1.54) is 30.7 Å². The zero-order valence-electron chi connectivity index (χ0n) is 13.4. The van der Waals surface area contributed by atoms with Crippen molar-refractivity contribution in [3.05, 3.63) is 59.4 Å². The smallest absolute Gasteiger partial charge is 0.232 e. The molecular weight excluding hydrogens is 307 g/mol. The van der Waals surface area contributed by atoms with Gasteiger partial charge in [0, 0.05) is 12.6 Å². The Balaban J connectivity index is 1.82. The molecule has 0 unspecified atom stereocenters. The fourth-order valence-corrected chi connectivity index (χ4v) is 3.15. The van der Waals surface area contributed by atoms with Gasteiger partial charge in [0.05, 0.1) is 11.6 Å². The molecule has 0 spiro atoms. The zero-order valence-corrected chi connectivity index (χ0v) is 13.4. The molecule has 24 heavy (non-hydrogen) atoms. The number of amides is 2. The van der Waals surface area contributed by atoms with Crippen LogP contribution in [-0.2, 0) is 16.0 Å². The number of hydrogen-bond acceptors (Lipinski definition) is 2. The molecule has 1 atom stereocenters. The highest BCUT2D eigenvalue weighted by atomic mass is 19.1. The summed E-state index contributed by atoms with van der Waals surface area (Å²) in [6, 6.07) is 12.0. The predicted octanol–water partition coefficient (Wildman–Crippen LogP) is 3.84. The maximum absolute atomic E-state index is 14.0. The molecule has 0 aromatic heterocycles. The summed E-state index contributed by atoms with van der Waals surface area (Å²) >= 11 is 0. The highest BCUT2D eigenvalue weighted by Crippen LogP contribution is 2.33. The van der Waals surface area contributed by atoms with Gasteiger partial charge < -0.3 is 10.6 Å². The first kappa shape index (κ1) is 16.2. The molecule has 3 rings (SSSR count). The monoisotopic (exact) mass is 326 g/mol. The van der Waals surface area contributed by atoms with E-state index < -0.39 is 5.82 Å². The van der Waals surface area contributed by atoms with E-state index in [0.717, 1.165) is 24.8 Å². The molecule has 1 aliphatic rings. The lowest BCUT2D eigenvalue weighted by molar-refractivity contribution is -0.118. The van der Waals surface area contributed by atoms with Crippen LogP contribution in [0.3, 0.4) is 0 Å². The highest BCUT2D eigenvalue weighted by molar-refractivity contribution is 5.97. The molecule has 1 aliphatic carbocycles. The van der Waals surface area contributed by atoms with Gasteiger partial charge in [-0.25, -0.2) is 4.39 Å². The minimum absolute atomic E-state index is 0.0781. The minimum Gasteiger partial charge on any atom is -0.326 e. The lowest BCUT2D eigenvalue weighted by atomic mass is 9.82. The molecule has 124 valence electrons. The molecule has 0 saturated heterocycles. The molecule has 2 N–H and O–H groups in total. The van der Waals surface area contributed by atoms with E-state index in [9.17, 15) is 14.0 Å². The highest BCUT2D eigenvalue weighted by Gasteiger charge is 2.26. The molecule has 0 bridgehead atoms. The van der Waals surface area contributed by atoms with E-state index in [2.05, 4.69) is 10.6 Å². The van der Waals surface area contributed by atoms with Gasteiger partial charge in [0.1, 0.15) is 5.82 Å². The Kier molecular flexibility index (Phi) is 4.60. The molecule has 0 fully saturated rings. The topological polar surface area (TPSA) is 58.2 Å². The summed E-state index contributed by atoms with van der Waals surface area (Å²) in [4.78, 5) is 23.8. The molecule has 5 heteroatoms. The van der Waals surface area contributed by atoms with Crippen LogP contribution in [0.25, 0.3) is 0 Å². The number of fused-ring (bicyclic) bond motifs is 1. The number of halogens is 1. The Morgan fingerprint density at radius 2 is 1.92 bits per heavy atom. The van der Waals surface area contributed by atoms with Gasteiger partial charge >= 0.3 is 0 Å². The number of nitrogens with one attached hydrogen (secondary N) is 2. The van der Waals surface area contributed by atoms with Crippen LogP contribution in [0.1, 0.15) is 36.8 Å². The van der Waals surface area contributed by atoms with Gasteiger partial charge in [-0.1, -0.05) is 24.3 Å². The average Bonchev–Trinajstić information content (AvgIpc) is 2.57. The van der Waals surface area contributed by atoms with E-state index >= 15 is 0 Å². The van der Waals surface area contributed by atoms with Crippen LogP contribution >= 0.6 is 0 Å².